The molecule has 2 unspecified atom stereocenters. The van der Waals surface area contributed by atoms with Gasteiger partial charge in [-0.15, -0.1) is 0 Å². The number of hydrogen-bond acceptors (Lipinski definition) is 6. The third kappa shape index (κ3) is 5.69. The van der Waals surface area contributed by atoms with Gasteiger partial charge in [-0.1, -0.05) is 18.2 Å². The van der Waals surface area contributed by atoms with E-state index in [0.717, 1.165) is 5.75 Å². The van der Waals surface area contributed by atoms with E-state index in [1.165, 1.54) is 0 Å². The van der Waals surface area contributed by atoms with Gasteiger partial charge in [-0.25, -0.2) is 4.79 Å². The summed E-state index contributed by atoms with van der Waals surface area (Å²) in [4.78, 5) is 34.8. The number of nitrogens with one attached hydrogen (secondary N) is 3. The van der Waals surface area contributed by atoms with Crippen molar-refractivity contribution in [3.63, 3.8) is 0 Å². The van der Waals surface area contributed by atoms with E-state index in [4.69, 9.17) is 15.2 Å². The number of urea groups is 1. The zero-order valence-electron chi connectivity index (χ0n) is 15.6. The molecule has 1 saturated heterocycles. The van der Waals surface area contributed by atoms with Crippen LogP contribution in [0, 0.1) is 0 Å². The van der Waals surface area contributed by atoms with Crippen LogP contribution in [-0.2, 0) is 9.59 Å². The van der Waals surface area contributed by atoms with Crippen LogP contribution >= 0.6 is 0 Å². The zero-order valence-corrected chi connectivity index (χ0v) is 15.6. The average Bonchev–Trinajstić information content (AvgIpc) is 2.72. The van der Waals surface area contributed by atoms with E-state index in [2.05, 4.69) is 10.6 Å². The summed E-state index contributed by atoms with van der Waals surface area (Å²) in [5.41, 5.74) is 5.63. The number of amides is 4. The lowest BCUT2D eigenvalue weighted by molar-refractivity contribution is -0.130. The van der Waals surface area contributed by atoms with Gasteiger partial charge in [-0.05, 0) is 42.8 Å². The van der Waals surface area contributed by atoms with Crippen LogP contribution in [0.2, 0.25) is 0 Å². The van der Waals surface area contributed by atoms with Gasteiger partial charge < -0.3 is 25.8 Å². The van der Waals surface area contributed by atoms with Crippen LogP contribution in [0.4, 0.5) is 4.79 Å². The minimum Gasteiger partial charge on any atom is -0.494 e. The standard InChI is InChI=1S/C20H22N4O5/c21-16-17(23-20(27)24-18(16)25)19(26)22-11-4-12-28-13-7-9-15(10-8-13)29-14-5-2-1-3-6-14/h1-3,5-10,16-17H,4,11-12,21H2,(H,22,26)(H2,23,24,25,27). The van der Waals surface area contributed by atoms with Crippen molar-refractivity contribution >= 4 is 17.8 Å². The first-order chi connectivity index (χ1) is 14.0. The Morgan fingerprint density at radius 1 is 1.00 bits per heavy atom. The molecule has 0 spiro atoms. The highest BCUT2D eigenvalue weighted by atomic mass is 16.5. The first kappa shape index (κ1) is 20.2. The highest BCUT2D eigenvalue weighted by Gasteiger charge is 2.37. The molecule has 1 heterocycles. The lowest BCUT2D eigenvalue weighted by Crippen LogP contribution is -2.68. The van der Waals surface area contributed by atoms with E-state index in [1.54, 1.807) is 12.1 Å². The summed E-state index contributed by atoms with van der Waals surface area (Å²) in [6.45, 7) is 0.692. The minimum atomic E-state index is -1.12. The Balaban J connectivity index is 1.36. The molecule has 1 aliphatic rings. The maximum absolute atomic E-state index is 12.1. The van der Waals surface area contributed by atoms with Crippen molar-refractivity contribution in [3.8, 4) is 17.2 Å². The van der Waals surface area contributed by atoms with Crippen molar-refractivity contribution in [3.05, 3.63) is 54.6 Å². The summed E-state index contributed by atoms with van der Waals surface area (Å²) in [6.07, 6.45) is 0.538. The van der Waals surface area contributed by atoms with Crippen molar-refractivity contribution in [2.75, 3.05) is 13.2 Å². The number of ether oxygens (including phenoxy) is 2. The molecule has 3 rings (SSSR count). The maximum atomic E-state index is 12.1. The molecule has 152 valence electrons. The number of hydrogen-bond donors (Lipinski definition) is 4. The molecule has 2 aromatic rings. The summed E-state index contributed by atoms with van der Waals surface area (Å²) in [6, 6.07) is 13.7. The van der Waals surface area contributed by atoms with Crippen LogP contribution in [0.5, 0.6) is 17.2 Å². The van der Waals surface area contributed by atoms with Gasteiger partial charge in [0, 0.05) is 6.54 Å². The van der Waals surface area contributed by atoms with Crippen LogP contribution < -0.4 is 31.2 Å². The fourth-order valence-corrected chi connectivity index (χ4v) is 2.65. The SMILES string of the molecule is NC1C(=O)NC(=O)NC1C(=O)NCCCOc1ccc(Oc2ccccc2)cc1. The van der Waals surface area contributed by atoms with Crippen molar-refractivity contribution in [1.29, 1.82) is 0 Å². The quantitative estimate of drug-likeness (QED) is 0.489. The zero-order chi connectivity index (χ0) is 20.6. The first-order valence-electron chi connectivity index (χ1n) is 9.13. The fourth-order valence-electron chi connectivity index (χ4n) is 2.65. The topological polar surface area (TPSA) is 132 Å². The van der Waals surface area contributed by atoms with Crippen LogP contribution in [0.25, 0.3) is 0 Å². The van der Waals surface area contributed by atoms with Gasteiger partial charge in [0.25, 0.3) is 0 Å². The Labute approximate surface area is 167 Å². The number of carbonyl (C=O) groups excluding carboxylic acids is 3. The third-order valence-electron chi connectivity index (χ3n) is 4.16. The molecule has 5 N–H and O–H groups in total. The van der Waals surface area contributed by atoms with Crippen LogP contribution in [0.15, 0.2) is 54.6 Å². The summed E-state index contributed by atoms with van der Waals surface area (Å²) in [5, 5.41) is 6.97. The van der Waals surface area contributed by atoms with Crippen molar-refractivity contribution in [2.24, 2.45) is 5.73 Å². The predicted octanol–water partition coefficient (Wildman–Crippen LogP) is 0.899. The van der Waals surface area contributed by atoms with Gasteiger partial charge in [0.2, 0.25) is 11.8 Å². The monoisotopic (exact) mass is 398 g/mol. The van der Waals surface area contributed by atoms with Crippen LogP contribution in [0.1, 0.15) is 6.42 Å². The number of benzene rings is 2. The molecule has 0 aromatic heterocycles. The molecule has 0 radical (unpaired) electrons. The minimum absolute atomic E-state index is 0.314. The lowest BCUT2D eigenvalue weighted by Gasteiger charge is -2.27. The van der Waals surface area contributed by atoms with Gasteiger partial charge in [0.1, 0.15) is 29.3 Å². The molecule has 2 atom stereocenters. The molecule has 1 aliphatic heterocycles. The summed E-state index contributed by atoms with van der Waals surface area (Å²) < 4.78 is 11.3. The average molecular weight is 398 g/mol. The molecular weight excluding hydrogens is 376 g/mol. The van der Waals surface area contributed by atoms with E-state index in [1.807, 2.05) is 47.8 Å². The molecule has 0 aliphatic carbocycles. The Kier molecular flexibility index (Phi) is 6.64. The second kappa shape index (κ2) is 9.56. The lowest BCUT2D eigenvalue weighted by atomic mass is 10.1. The number of nitrogens with two attached hydrogens (primary N) is 1. The highest BCUT2D eigenvalue weighted by Crippen LogP contribution is 2.23. The van der Waals surface area contributed by atoms with E-state index < -0.39 is 29.9 Å². The maximum Gasteiger partial charge on any atom is 0.322 e. The van der Waals surface area contributed by atoms with Gasteiger partial charge in [-0.3, -0.25) is 14.9 Å². The molecule has 9 heteroatoms. The summed E-state index contributed by atoms with van der Waals surface area (Å²) in [5.74, 6) is 0.934. The second-order valence-electron chi connectivity index (χ2n) is 6.35. The number of rotatable bonds is 8. The fraction of sp³-hybridized carbons (Fsp3) is 0.250. The van der Waals surface area contributed by atoms with Crippen molar-refractivity contribution in [2.45, 2.75) is 18.5 Å². The third-order valence-corrected chi connectivity index (χ3v) is 4.16. The summed E-state index contributed by atoms with van der Waals surface area (Å²) in [7, 11) is 0. The number of carbonyl (C=O) groups is 3. The van der Waals surface area contributed by atoms with E-state index in [-0.39, 0.29) is 0 Å². The number of imide groups is 1. The van der Waals surface area contributed by atoms with Gasteiger partial charge in [0.05, 0.1) is 6.61 Å². The largest absolute Gasteiger partial charge is 0.494 e. The van der Waals surface area contributed by atoms with E-state index in [9.17, 15) is 14.4 Å². The molecule has 0 bridgehead atoms. The van der Waals surface area contributed by atoms with Crippen molar-refractivity contribution < 1.29 is 23.9 Å². The van der Waals surface area contributed by atoms with Crippen LogP contribution in [0.3, 0.4) is 0 Å². The normalized spacial score (nSPS) is 18.4. The van der Waals surface area contributed by atoms with Gasteiger partial charge in [-0.2, -0.15) is 0 Å². The van der Waals surface area contributed by atoms with Crippen LogP contribution in [-0.4, -0.2) is 43.1 Å². The first-order valence-corrected chi connectivity index (χ1v) is 9.13. The molecule has 29 heavy (non-hydrogen) atoms. The highest BCUT2D eigenvalue weighted by molar-refractivity contribution is 6.05. The van der Waals surface area contributed by atoms with E-state index in [0.29, 0.717) is 31.1 Å². The summed E-state index contributed by atoms with van der Waals surface area (Å²) >= 11 is 0. The number of para-hydroxylation sites is 1. The van der Waals surface area contributed by atoms with Gasteiger partial charge >= 0.3 is 6.03 Å². The molecule has 0 saturated carbocycles. The molecule has 2 aromatic carbocycles. The molecular formula is C20H22N4O5. The smallest absolute Gasteiger partial charge is 0.322 e. The Morgan fingerprint density at radius 2 is 1.66 bits per heavy atom. The Hall–Kier alpha value is -3.59. The Morgan fingerprint density at radius 3 is 2.38 bits per heavy atom. The molecule has 1 fully saturated rings. The second-order valence-corrected chi connectivity index (χ2v) is 6.35. The predicted molar refractivity (Wildman–Crippen MR) is 105 cm³/mol. The Bertz CT molecular complexity index is 857. The van der Waals surface area contributed by atoms with Gasteiger partial charge in [0.15, 0.2) is 0 Å². The molecule has 4 amide bonds. The van der Waals surface area contributed by atoms with Crippen molar-refractivity contribution in [1.82, 2.24) is 16.0 Å². The van der Waals surface area contributed by atoms with E-state index >= 15 is 0 Å². The molecule has 9 nitrogen and oxygen atoms in total.